The summed E-state index contributed by atoms with van der Waals surface area (Å²) >= 11 is 3.04. The van der Waals surface area contributed by atoms with Crippen LogP contribution in [0.3, 0.4) is 0 Å². The molecule has 1 amide bonds. The molecule has 1 heterocycles. The summed E-state index contributed by atoms with van der Waals surface area (Å²) in [5.41, 5.74) is 4.32. The Kier molecular flexibility index (Phi) is 9.43. The van der Waals surface area contributed by atoms with Gasteiger partial charge in [-0.15, -0.1) is 11.3 Å². The van der Waals surface area contributed by atoms with E-state index in [2.05, 4.69) is 52.3 Å². The molecule has 0 atom stereocenters. The molecule has 164 valence electrons. The van der Waals surface area contributed by atoms with Crippen molar-refractivity contribution < 1.29 is 4.79 Å². The van der Waals surface area contributed by atoms with Crippen LogP contribution in [0, 0.1) is 0 Å². The van der Waals surface area contributed by atoms with Gasteiger partial charge in [0, 0.05) is 28.5 Å². The molecule has 0 saturated heterocycles. The lowest BCUT2D eigenvalue weighted by molar-refractivity contribution is -0.114. The Morgan fingerprint density at radius 3 is 2.58 bits per heavy atom. The second-order valence-electron chi connectivity index (χ2n) is 7.67. The SMILES string of the molecule is CCCCCCCCc1ccc(SNc2cccc(-c3csc(NC(C)=O)n3)c2)cc1. The molecule has 0 saturated carbocycles. The highest BCUT2D eigenvalue weighted by molar-refractivity contribution is 8.00. The van der Waals surface area contributed by atoms with Gasteiger partial charge in [-0.2, -0.15) is 0 Å². The van der Waals surface area contributed by atoms with Crippen molar-refractivity contribution in [3.63, 3.8) is 0 Å². The zero-order valence-corrected chi connectivity index (χ0v) is 20.0. The van der Waals surface area contributed by atoms with Crippen LogP contribution in [0.25, 0.3) is 11.3 Å². The molecule has 1 aromatic heterocycles. The molecule has 0 spiro atoms. The molecule has 6 heteroatoms. The number of anilines is 2. The number of unbranched alkanes of at least 4 members (excludes halogenated alkanes) is 5. The number of amides is 1. The number of nitrogens with zero attached hydrogens (tertiary/aromatic N) is 1. The molecule has 0 fully saturated rings. The van der Waals surface area contributed by atoms with Gasteiger partial charge in [-0.05, 0) is 54.6 Å². The van der Waals surface area contributed by atoms with Crippen LogP contribution >= 0.6 is 23.3 Å². The van der Waals surface area contributed by atoms with E-state index in [0.29, 0.717) is 5.13 Å². The molecule has 3 rings (SSSR count). The van der Waals surface area contributed by atoms with E-state index < -0.39 is 0 Å². The topological polar surface area (TPSA) is 54.0 Å². The first-order valence-corrected chi connectivity index (χ1v) is 12.7. The predicted octanol–water partition coefficient (Wildman–Crippen LogP) is 7.79. The van der Waals surface area contributed by atoms with E-state index in [0.717, 1.165) is 16.9 Å². The first-order chi connectivity index (χ1) is 15.1. The first kappa shape index (κ1) is 23.4. The van der Waals surface area contributed by atoms with Gasteiger partial charge in [-0.3, -0.25) is 4.79 Å². The molecule has 0 radical (unpaired) electrons. The van der Waals surface area contributed by atoms with Crippen molar-refractivity contribution >= 4 is 40.0 Å². The lowest BCUT2D eigenvalue weighted by Crippen LogP contribution is -2.04. The van der Waals surface area contributed by atoms with Crippen molar-refractivity contribution in [2.75, 3.05) is 10.0 Å². The monoisotopic (exact) mass is 453 g/mol. The quantitative estimate of drug-likeness (QED) is 0.217. The average molecular weight is 454 g/mol. The first-order valence-electron chi connectivity index (χ1n) is 11.0. The Morgan fingerprint density at radius 1 is 1.03 bits per heavy atom. The van der Waals surface area contributed by atoms with Crippen molar-refractivity contribution in [3.8, 4) is 11.3 Å². The number of carbonyl (C=O) groups is 1. The van der Waals surface area contributed by atoms with Crippen LogP contribution in [-0.4, -0.2) is 10.9 Å². The number of nitrogens with one attached hydrogen (secondary N) is 2. The van der Waals surface area contributed by atoms with Gasteiger partial charge < -0.3 is 10.0 Å². The van der Waals surface area contributed by atoms with Gasteiger partial charge >= 0.3 is 0 Å². The molecule has 2 N–H and O–H groups in total. The third kappa shape index (κ3) is 8.04. The van der Waals surface area contributed by atoms with Crippen LogP contribution in [0.1, 0.15) is 57.9 Å². The van der Waals surface area contributed by atoms with E-state index in [4.69, 9.17) is 0 Å². The molecule has 3 aromatic rings. The van der Waals surface area contributed by atoms with E-state index in [-0.39, 0.29) is 5.91 Å². The molecular formula is C25H31N3OS2. The fraction of sp³-hybridized carbons (Fsp3) is 0.360. The van der Waals surface area contributed by atoms with E-state index in [1.54, 1.807) is 11.9 Å². The van der Waals surface area contributed by atoms with E-state index >= 15 is 0 Å². The normalized spacial score (nSPS) is 10.8. The number of aromatic nitrogens is 1. The van der Waals surface area contributed by atoms with Gasteiger partial charge in [0.2, 0.25) is 5.91 Å². The molecular weight excluding hydrogens is 422 g/mol. The molecule has 4 nitrogen and oxygen atoms in total. The number of carbonyl (C=O) groups excluding carboxylic acids is 1. The Balaban J connectivity index is 1.48. The smallest absolute Gasteiger partial charge is 0.223 e. The van der Waals surface area contributed by atoms with Crippen molar-refractivity contribution in [2.24, 2.45) is 0 Å². The maximum atomic E-state index is 11.2. The van der Waals surface area contributed by atoms with E-state index in [1.807, 2.05) is 23.6 Å². The lowest BCUT2D eigenvalue weighted by Gasteiger charge is -2.08. The molecule has 31 heavy (non-hydrogen) atoms. The number of hydrogen-bond acceptors (Lipinski definition) is 5. The number of hydrogen-bond donors (Lipinski definition) is 2. The van der Waals surface area contributed by atoms with Gasteiger partial charge in [0.05, 0.1) is 5.69 Å². The third-order valence-corrected chi connectivity index (χ3v) is 6.58. The van der Waals surface area contributed by atoms with Crippen LogP contribution in [0.2, 0.25) is 0 Å². The summed E-state index contributed by atoms with van der Waals surface area (Å²) in [5.74, 6) is -0.106. The summed E-state index contributed by atoms with van der Waals surface area (Å²) in [7, 11) is 0. The summed E-state index contributed by atoms with van der Waals surface area (Å²) in [4.78, 5) is 16.9. The minimum atomic E-state index is -0.106. The maximum absolute atomic E-state index is 11.2. The summed E-state index contributed by atoms with van der Waals surface area (Å²) in [5, 5.41) is 5.31. The fourth-order valence-electron chi connectivity index (χ4n) is 3.31. The van der Waals surface area contributed by atoms with Crippen molar-refractivity contribution in [1.29, 1.82) is 0 Å². The van der Waals surface area contributed by atoms with Crippen LogP contribution < -0.4 is 10.0 Å². The number of aryl methyl sites for hydroxylation is 1. The standard InChI is InChI=1S/C25H31N3OS2/c1-3-4-5-6-7-8-10-20-13-15-23(16-14-20)31-28-22-12-9-11-21(17-22)24-18-30-25(27-24)26-19(2)29/h9,11-18,28H,3-8,10H2,1-2H3,(H,26,27,29). The Bertz CT molecular complexity index is 953. The zero-order valence-electron chi connectivity index (χ0n) is 18.3. The van der Waals surface area contributed by atoms with Gasteiger partial charge in [0.25, 0.3) is 0 Å². The molecule has 0 aliphatic carbocycles. The van der Waals surface area contributed by atoms with Gasteiger partial charge in [0.1, 0.15) is 0 Å². The summed E-state index contributed by atoms with van der Waals surface area (Å²) < 4.78 is 3.42. The Labute approximate surface area is 194 Å². The highest BCUT2D eigenvalue weighted by Crippen LogP contribution is 2.29. The van der Waals surface area contributed by atoms with E-state index in [9.17, 15) is 4.79 Å². The summed E-state index contributed by atoms with van der Waals surface area (Å²) in [6.07, 6.45) is 9.19. The maximum Gasteiger partial charge on any atom is 0.223 e. The molecule has 0 aliphatic rings. The van der Waals surface area contributed by atoms with Crippen LogP contribution in [-0.2, 0) is 11.2 Å². The minimum absolute atomic E-state index is 0.106. The summed E-state index contributed by atoms with van der Waals surface area (Å²) in [6, 6.07) is 17.0. The van der Waals surface area contributed by atoms with Crippen molar-refractivity contribution in [3.05, 3.63) is 59.5 Å². The van der Waals surface area contributed by atoms with Crippen LogP contribution in [0.15, 0.2) is 58.8 Å². The van der Waals surface area contributed by atoms with Gasteiger partial charge in [-0.1, -0.05) is 63.3 Å². The highest BCUT2D eigenvalue weighted by Gasteiger charge is 2.07. The fourth-order valence-corrected chi connectivity index (χ4v) is 4.71. The third-order valence-electron chi connectivity index (χ3n) is 4.97. The minimum Gasteiger partial charge on any atom is -0.326 e. The molecule has 0 aliphatic heterocycles. The molecule has 0 bridgehead atoms. The van der Waals surface area contributed by atoms with Crippen molar-refractivity contribution in [2.45, 2.75) is 63.7 Å². The van der Waals surface area contributed by atoms with Gasteiger partial charge in [-0.25, -0.2) is 4.98 Å². The molecule has 0 unspecified atom stereocenters. The number of rotatable bonds is 12. The number of thiazole rings is 1. The predicted molar refractivity (Wildman–Crippen MR) is 135 cm³/mol. The van der Waals surface area contributed by atoms with Crippen LogP contribution in [0.4, 0.5) is 10.8 Å². The van der Waals surface area contributed by atoms with E-state index in [1.165, 1.54) is 73.7 Å². The van der Waals surface area contributed by atoms with Crippen LogP contribution in [0.5, 0.6) is 0 Å². The number of benzene rings is 2. The summed E-state index contributed by atoms with van der Waals surface area (Å²) in [6.45, 7) is 3.75. The largest absolute Gasteiger partial charge is 0.326 e. The van der Waals surface area contributed by atoms with Gasteiger partial charge in [0.15, 0.2) is 5.13 Å². The zero-order chi connectivity index (χ0) is 21.9. The average Bonchev–Trinajstić information content (AvgIpc) is 3.23. The van der Waals surface area contributed by atoms with Crippen molar-refractivity contribution in [1.82, 2.24) is 4.98 Å². The Hall–Kier alpha value is -2.31. The lowest BCUT2D eigenvalue weighted by atomic mass is 10.1. The second kappa shape index (κ2) is 12.5. The highest BCUT2D eigenvalue weighted by atomic mass is 32.2. The molecule has 2 aromatic carbocycles. The Morgan fingerprint density at radius 2 is 1.81 bits per heavy atom. The second-order valence-corrected chi connectivity index (χ2v) is 9.40.